The molecule has 0 radical (unpaired) electrons. The monoisotopic (exact) mass is 346 g/mol. The van der Waals surface area contributed by atoms with Crippen LogP contribution in [-0.2, 0) is 4.74 Å². The molecule has 0 bridgehead atoms. The molecule has 3 nitrogen and oxygen atoms in total. The lowest BCUT2D eigenvalue weighted by Crippen LogP contribution is -2.47. The second kappa shape index (κ2) is 6.39. The minimum Gasteiger partial charge on any atom is -0.374 e. The van der Waals surface area contributed by atoms with Crippen LogP contribution in [0.1, 0.15) is 60.2 Å². The van der Waals surface area contributed by atoms with Gasteiger partial charge in [-0.25, -0.2) is 0 Å². The van der Waals surface area contributed by atoms with Crippen LogP contribution in [0.4, 0.5) is 0 Å². The van der Waals surface area contributed by atoms with Gasteiger partial charge in [0.1, 0.15) is 11.7 Å². The average Bonchev–Trinajstić information content (AvgIpc) is 3.40. The summed E-state index contributed by atoms with van der Waals surface area (Å²) in [6.45, 7) is 1.54. The molecule has 1 N–H and O–H groups in total. The molecular weight excluding hydrogens is 324 g/mol. The smallest absolute Gasteiger partial charge is 0.159 e. The molecule has 1 saturated carbocycles. The minimum atomic E-state index is -1.15. The van der Waals surface area contributed by atoms with Crippen LogP contribution in [0.15, 0.2) is 54.6 Å². The molecule has 26 heavy (non-hydrogen) atoms. The first-order chi connectivity index (χ1) is 12.5. The zero-order valence-corrected chi connectivity index (χ0v) is 14.9. The molecule has 4 rings (SSSR count). The molecule has 1 aliphatic carbocycles. The fourth-order valence-corrected chi connectivity index (χ4v) is 3.96. The summed E-state index contributed by atoms with van der Waals surface area (Å²) in [5.41, 5.74) is 0.809. The number of epoxide rings is 1. The summed E-state index contributed by atoms with van der Waals surface area (Å²) in [6.07, 6.45) is 3.33. The van der Waals surface area contributed by atoms with Crippen molar-refractivity contribution in [1.82, 2.24) is 0 Å². The van der Waals surface area contributed by atoms with E-state index >= 15 is 0 Å². The number of carbonyl (C=O) groups excluding carboxylic acids is 1. The van der Waals surface area contributed by atoms with Gasteiger partial charge >= 0.3 is 0 Å². The van der Waals surface area contributed by atoms with Gasteiger partial charge in [-0.2, -0.15) is 0 Å². The van der Waals surface area contributed by atoms with E-state index in [9.17, 15) is 9.90 Å². The van der Waals surface area contributed by atoms with Crippen molar-refractivity contribution < 1.29 is 14.6 Å². The Morgan fingerprint density at radius 1 is 1.08 bits per heavy atom. The lowest BCUT2D eigenvalue weighted by Gasteiger charge is -2.34. The highest BCUT2D eigenvalue weighted by atomic mass is 16.6. The number of Topliss-reactive ketones (excluding diaryl/α,β-unsaturated/α-hetero) is 1. The molecule has 1 heterocycles. The molecule has 3 atom stereocenters. The number of ketones is 1. The van der Waals surface area contributed by atoms with Crippen LogP contribution >= 0.6 is 0 Å². The van der Waals surface area contributed by atoms with Crippen LogP contribution < -0.4 is 0 Å². The maximum Gasteiger partial charge on any atom is 0.159 e. The Morgan fingerprint density at radius 2 is 1.77 bits per heavy atom. The summed E-state index contributed by atoms with van der Waals surface area (Å²) in [5, 5.41) is 11.3. The number of hydrogen-bond donors (Lipinski definition) is 1. The molecule has 2 aromatic carbocycles. The highest BCUT2D eigenvalue weighted by Gasteiger charge is 2.69. The van der Waals surface area contributed by atoms with Crippen molar-refractivity contribution in [3.05, 3.63) is 71.3 Å². The average molecular weight is 346 g/mol. The third kappa shape index (κ3) is 2.86. The van der Waals surface area contributed by atoms with Gasteiger partial charge in [-0.15, -0.1) is 0 Å². The van der Waals surface area contributed by atoms with Crippen molar-refractivity contribution in [3.63, 3.8) is 0 Å². The van der Waals surface area contributed by atoms with Crippen LogP contribution in [0.3, 0.4) is 0 Å². The molecule has 1 saturated heterocycles. The van der Waals surface area contributed by atoms with Crippen molar-refractivity contribution in [2.45, 2.75) is 49.9 Å². The SMILES string of the molecule is CC(=O)c1ccc(C#C[C@@]2(O)CCCC[C@]23O[C@H]3c2ccccc2)cc1. The van der Waals surface area contributed by atoms with E-state index in [0.717, 1.165) is 30.4 Å². The highest BCUT2D eigenvalue weighted by Crippen LogP contribution is 2.61. The van der Waals surface area contributed by atoms with E-state index in [1.165, 1.54) is 0 Å². The zero-order valence-electron chi connectivity index (χ0n) is 14.9. The number of ether oxygens (including phenoxy) is 1. The normalized spacial score (nSPS) is 29.7. The maximum absolute atomic E-state index is 11.4. The molecule has 132 valence electrons. The summed E-state index contributed by atoms with van der Waals surface area (Å²) in [5.74, 6) is 6.24. The van der Waals surface area contributed by atoms with Crippen molar-refractivity contribution in [2.24, 2.45) is 0 Å². The molecule has 1 spiro atoms. The quantitative estimate of drug-likeness (QED) is 0.507. The standard InChI is InChI=1S/C23H22O3/c1-17(24)19-11-9-18(10-12-19)13-16-22(25)14-5-6-15-23(22)21(26-23)20-7-3-2-4-8-20/h2-4,7-12,21,25H,5-6,14-15H2,1H3/t21-,22-,23+/m0/s1. The van der Waals surface area contributed by atoms with Crippen LogP contribution in [0.2, 0.25) is 0 Å². The number of hydrogen-bond acceptors (Lipinski definition) is 3. The molecular formula is C23H22O3. The number of aliphatic hydroxyl groups is 1. The molecule has 3 heteroatoms. The molecule has 2 aromatic rings. The summed E-state index contributed by atoms with van der Waals surface area (Å²) >= 11 is 0. The predicted octanol–water partition coefficient (Wildman–Crippen LogP) is 4.06. The van der Waals surface area contributed by atoms with Gasteiger partial charge in [-0.05, 0) is 43.9 Å². The Bertz CT molecular complexity index is 875. The van der Waals surface area contributed by atoms with Crippen LogP contribution in [0.25, 0.3) is 0 Å². The summed E-state index contributed by atoms with van der Waals surface area (Å²) in [6, 6.07) is 17.3. The lowest BCUT2D eigenvalue weighted by atomic mass is 9.72. The van der Waals surface area contributed by atoms with Gasteiger partial charge < -0.3 is 9.84 Å². The fraction of sp³-hybridized carbons (Fsp3) is 0.348. The predicted molar refractivity (Wildman–Crippen MR) is 99.7 cm³/mol. The highest BCUT2D eigenvalue weighted by molar-refractivity contribution is 5.94. The molecule has 0 aromatic heterocycles. The number of carbonyl (C=O) groups is 1. The van der Waals surface area contributed by atoms with Crippen LogP contribution in [-0.4, -0.2) is 22.1 Å². The third-order valence-corrected chi connectivity index (χ3v) is 5.54. The van der Waals surface area contributed by atoms with Gasteiger partial charge in [0.2, 0.25) is 0 Å². The Balaban J connectivity index is 1.61. The minimum absolute atomic E-state index is 0.0338. The van der Waals surface area contributed by atoms with E-state index in [-0.39, 0.29) is 11.9 Å². The molecule has 0 unspecified atom stereocenters. The van der Waals surface area contributed by atoms with Gasteiger partial charge in [-0.1, -0.05) is 60.7 Å². The van der Waals surface area contributed by atoms with Crippen LogP contribution in [0.5, 0.6) is 0 Å². The Morgan fingerprint density at radius 3 is 2.46 bits per heavy atom. The molecule has 2 fully saturated rings. The van der Waals surface area contributed by atoms with Crippen molar-refractivity contribution in [1.29, 1.82) is 0 Å². The Labute approximate surface area is 154 Å². The third-order valence-electron chi connectivity index (χ3n) is 5.54. The van der Waals surface area contributed by atoms with E-state index in [2.05, 4.69) is 11.8 Å². The fourth-order valence-electron chi connectivity index (χ4n) is 3.96. The van der Waals surface area contributed by atoms with E-state index in [0.29, 0.717) is 12.0 Å². The molecule has 2 aliphatic rings. The second-order valence-electron chi connectivity index (χ2n) is 7.25. The first kappa shape index (κ1) is 17.0. The zero-order chi connectivity index (χ0) is 18.2. The van der Waals surface area contributed by atoms with E-state index in [1.54, 1.807) is 19.1 Å². The van der Waals surface area contributed by atoms with E-state index < -0.39 is 11.2 Å². The molecule has 0 amide bonds. The molecule has 1 aliphatic heterocycles. The van der Waals surface area contributed by atoms with Gasteiger partial charge in [0.15, 0.2) is 11.4 Å². The Kier molecular flexibility index (Phi) is 4.19. The first-order valence-electron chi connectivity index (χ1n) is 9.13. The van der Waals surface area contributed by atoms with Gasteiger partial charge in [0.05, 0.1) is 0 Å². The van der Waals surface area contributed by atoms with Crippen molar-refractivity contribution in [3.8, 4) is 11.8 Å². The van der Waals surface area contributed by atoms with Gasteiger partial charge in [-0.3, -0.25) is 4.79 Å². The summed E-state index contributed by atoms with van der Waals surface area (Å²) < 4.78 is 6.09. The lowest BCUT2D eigenvalue weighted by molar-refractivity contribution is -0.0182. The van der Waals surface area contributed by atoms with E-state index in [4.69, 9.17) is 4.74 Å². The topological polar surface area (TPSA) is 49.8 Å². The summed E-state index contributed by atoms with van der Waals surface area (Å²) in [4.78, 5) is 11.4. The van der Waals surface area contributed by atoms with Crippen molar-refractivity contribution >= 4 is 5.78 Å². The van der Waals surface area contributed by atoms with Crippen LogP contribution in [0, 0.1) is 11.8 Å². The number of benzene rings is 2. The van der Waals surface area contributed by atoms with E-state index in [1.807, 2.05) is 42.5 Å². The summed E-state index contributed by atoms with van der Waals surface area (Å²) in [7, 11) is 0. The second-order valence-corrected chi connectivity index (χ2v) is 7.25. The maximum atomic E-state index is 11.4. The number of rotatable bonds is 2. The van der Waals surface area contributed by atoms with Gasteiger partial charge in [0, 0.05) is 11.1 Å². The first-order valence-corrected chi connectivity index (χ1v) is 9.13. The Hall–Kier alpha value is -2.41. The largest absolute Gasteiger partial charge is 0.374 e. The van der Waals surface area contributed by atoms with Gasteiger partial charge in [0.25, 0.3) is 0 Å². The van der Waals surface area contributed by atoms with Crippen molar-refractivity contribution in [2.75, 3.05) is 0 Å².